The first-order chi connectivity index (χ1) is 10.7. The minimum Gasteiger partial charge on any atom is -0.379 e. The van der Waals surface area contributed by atoms with E-state index in [9.17, 15) is 0 Å². The molecule has 0 spiro atoms. The molecular weight excluding hydrogens is 274 g/mol. The van der Waals surface area contributed by atoms with Crippen molar-refractivity contribution in [2.45, 2.75) is 33.4 Å². The Labute approximate surface area is 132 Å². The van der Waals surface area contributed by atoms with Crippen LogP contribution in [0, 0.1) is 6.92 Å². The maximum absolute atomic E-state index is 5.44. The number of hydrogen-bond donors (Lipinski definition) is 0. The molecule has 4 heteroatoms. The van der Waals surface area contributed by atoms with Crippen LogP contribution in [0.2, 0.25) is 0 Å². The second kappa shape index (κ2) is 6.63. The van der Waals surface area contributed by atoms with Gasteiger partial charge in [-0.3, -0.25) is 9.58 Å². The number of hydrogen-bond acceptors (Lipinski definition) is 3. The smallest absolute Gasteiger partial charge is 0.0594 e. The summed E-state index contributed by atoms with van der Waals surface area (Å²) in [6.07, 6.45) is 1.97. The Morgan fingerprint density at radius 3 is 2.45 bits per heavy atom. The van der Waals surface area contributed by atoms with Gasteiger partial charge in [0.2, 0.25) is 0 Å². The van der Waals surface area contributed by atoms with Gasteiger partial charge in [-0.25, -0.2) is 0 Å². The molecule has 2 heterocycles. The van der Waals surface area contributed by atoms with Crippen LogP contribution < -0.4 is 0 Å². The average molecular weight is 299 g/mol. The molecule has 0 aliphatic carbocycles. The van der Waals surface area contributed by atoms with Crippen LogP contribution in [-0.2, 0) is 11.3 Å². The maximum Gasteiger partial charge on any atom is 0.0594 e. The molecule has 1 unspecified atom stereocenters. The lowest BCUT2D eigenvalue weighted by Gasteiger charge is -2.32. The van der Waals surface area contributed by atoms with E-state index in [1.165, 1.54) is 22.4 Å². The molecule has 1 aromatic carbocycles. The second-order valence-corrected chi connectivity index (χ2v) is 5.91. The lowest BCUT2D eigenvalue weighted by atomic mass is 10.0. The number of ether oxygens (including phenoxy) is 1. The molecule has 0 bridgehead atoms. The zero-order valence-electron chi connectivity index (χ0n) is 13.7. The van der Waals surface area contributed by atoms with E-state index in [4.69, 9.17) is 4.74 Å². The Kier molecular flexibility index (Phi) is 4.60. The molecule has 1 aliphatic rings. The van der Waals surface area contributed by atoms with Crippen LogP contribution >= 0.6 is 0 Å². The summed E-state index contributed by atoms with van der Waals surface area (Å²) in [5, 5.41) is 4.44. The zero-order chi connectivity index (χ0) is 15.5. The van der Waals surface area contributed by atoms with Crippen molar-refractivity contribution in [2.75, 3.05) is 26.3 Å². The predicted molar refractivity (Wildman–Crippen MR) is 88.9 cm³/mol. The molecule has 1 atom stereocenters. The van der Waals surface area contributed by atoms with Crippen molar-refractivity contribution < 1.29 is 4.74 Å². The van der Waals surface area contributed by atoms with Crippen molar-refractivity contribution >= 4 is 0 Å². The van der Waals surface area contributed by atoms with Crippen molar-refractivity contribution in [2.24, 2.45) is 0 Å². The first-order valence-corrected chi connectivity index (χ1v) is 8.15. The molecule has 118 valence electrons. The third-order valence-corrected chi connectivity index (χ3v) is 4.70. The summed E-state index contributed by atoms with van der Waals surface area (Å²) >= 11 is 0. The highest BCUT2D eigenvalue weighted by Gasteiger charge is 2.18. The minimum absolute atomic E-state index is 0.442. The number of nitrogens with zero attached hydrogens (tertiary/aromatic N) is 3. The highest BCUT2D eigenvalue weighted by atomic mass is 16.5. The topological polar surface area (TPSA) is 30.3 Å². The summed E-state index contributed by atoms with van der Waals surface area (Å²) < 4.78 is 7.48. The van der Waals surface area contributed by atoms with Crippen molar-refractivity contribution in [1.82, 2.24) is 14.7 Å². The lowest BCUT2D eigenvalue weighted by molar-refractivity contribution is 0.0198. The summed E-state index contributed by atoms with van der Waals surface area (Å²) in [4.78, 5) is 2.48. The van der Waals surface area contributed by atoms with Gasteiger partial charge in [-0.05, 0) is 31.9 Å². The number of aromatic nitrogens is 2. The Morgan fingerprint density at radius 2 is 1.86 bits per heavy atom. The van der Waals surface area contributed by atoms with Crippen LogP contribution in [0.3, 0.4) is 0 Å². The Morgan fingerprint density at radius 1 is 1.18 bits per heavy atom. The van der Waals surface area contributed by atoms with Crippen molar-refractivity contribution in [3.8, 4) is 11.1 Å². The van der Waals surface area contributed by atoms with Crippen molar-refractivity contribution in [3.63, 3.8) is 0 Å². The SMILES string of the molecule is CCn1ncc(-c2ccc(C(C)N3CCOCC3)cc2)c1C. The molecule has 0 radical (unpaired) electrons. The number of morpholine rings is 1. The Hall–Kier alpha value is -1.65. The van der Waals surface area contributed by atoms with Crippen LogP contribution in [0.5, 0.6) is 0 Å². The summed E-state index contributed by atoms with van der Waals surface area (Å²) in [6, 6.07) is 9.38. The van der Waals surface area contributed by atoms with Crippen LogP contribution in [0.4, 0.5) is 0 Å². The van der Waals surface area contributed by atoms with E-state index < -0.39 is 0 Å². The predicted octanol–water partition coefficient (Wildman–Crippen LogP) is 3.27. The lowest BCUT2D eigenvalue weighted by Crippen LogP contribution is -2.37. The standard InChI is InChI=1S/C18H25N3O/c1-4-21-15(3)18(13-19-21)17-7-5-16(6-8-17)14(2)20-9-11-22-12-10-20/h5-8,13-14H,4,9-12H2,1-3H3. The highest BCUT2D eigenvalue weighted by Crippen LogP contribution is 2.27. The van der Waals surface area contributed by atoms with E-state index in [-0.39, 0.29) is 0 Å². The molecule has 1 aliphatic heterocycles. The second-order valence-electron chi connectivity index (χ2n) is 5.91. The Balaban J connectivity index is 1.78. The van der Waals surface area contributed by atoms with Gasteiger partial charge in [-0.2, -0.15) is 5.10 Å². The monoisotopic (exact) mass is 299 g/mol. The average Bonchev–Trinajstić information content (AvgIpc) is 2.96. The van der Waals surface area contributed by atoms with Gasteiger partial charge in [0.1, 0.15) is 0 Å². The number of aryl methyl sites for hydroxylation is 1. The molecule has 4 nitrogen and oxygen atoms in total. The van der Waals surface area contributed by atoms with E-state index in [2.05, 4.69) is 55.0 Å². The maximum atomic E-state index is 5.44. The first-order valence-electron chi connectivity index (χ1n) is 8.15. The summed E-state index contributed by atoms with van der Waals surface area (Å²) in [5.74, 6) is 0. The van der Waals surface area contributed by atoms with Gasteiger partial charge in [-0.1, -0.05) is 24.3 Å². The molecule has 0 amide bonds. The fourth-order valence-electron chi connectivity index (χ4n) is 3.17. The minimum atomic E-state index is 0.442. The molecule has 22 heavy (non-hydrogen) atoms. The number of rotatable bonds is 4. The van der Waals surface area contributed by atoms with Crippen LogP contribution in [0.25, 0.3) is 11.1 Å². The van der Waals surface area contributed by atoms with Gasteiger partial charge in [0.05, 0.1) is 19.4 Å². The first kappa shape index (κ1) is 15.3. The fourth-order valence-corrected chi connectivity index (χ4v) is 3.17. The zero-order valence-corrected chi connectivity index (χ0v) is 13.7. The third kappa shape index (κ3) is 2.94. The molecule has 0 saturated carbocycles. The van der Waals surface area contributed by atoms with Gasteiger partial charge in [0, 0.05) is 36.9 Å². The third-order valence-electron chi connectivity index (χ3n) is 4.70. The van der Waals surface area contributed by atoms with E-state index in [0.717, 1.165) is 32.8 Å². The molecule has 2 aromatic rings. The normalized spacial score (nSPS) is 17.6. The summed E-state index contributed by atoms with van der Waals surface area (Å²) in [7, 11) is 0. The number of benzene rings is 1. The molecule has 3 rings (SSSR count). The van der Waals surface area contributed by atoms with E-state index in [1.54, 1.807) is 0 Å². The van der Waals surface area contributed by atoms with Gasteiger partial charge in [0.15, 0.2) is 0 Å². The van der Waals surface area contributed by atoms with E-state index in [1.807, 2.05) is 10.9 Å². The molecular formula is C18H25N3O. The van der Waals surface area contributed by atoms with E-state index in [0.29, 0.717) is 6.04 Å². The summed E-state index contributed by atoms with van der Waals surface area (Å²) in [6.45, 7) is 11.2. The van der Waals surface area contributed by atoms with Crippen LogP contribution in [0.15, 0.2) is 30.5 Å². The highest BCUT2D eigenvalue weighted by molar-refractivity contribution is 5.65. The summed E-state index contributed by atoms with van der Waals surface area (Å²) in [5.41, 5.74) is 5.07. The fraction of sp³-hybridized carbons (Fsp3) is 0.500. The molecule has 1 aromatic heterocycles. The molecule has 1 saturated heterocycles. The van der Waals surface area contributed by atoms with Gasteiger partial charge in [-0.15, -0.1) is 0 Å². The Bertz CT molecular complexity index is 612. The van der Waals surface area contributed by atoms with Gasteiger partial charge < -0.3 is 4.74 Å². The van der Waals surface area contributed by atoms with Crippen LogP contribution in [0.1, 0.15) is 31.1 Å². The van der Waals surface area contributed by atoms with E-state index >= 15 is 0 Å². The quantitative estimate of drug-likeness (QED) is 0.868. The van der Waals surface area contributed by atoms with Crippen molar-refractivity contribution in [3.05, 3.63) is 41.7 Å². The molecule has 0 N–H and O–H groups in total. The van der Waals surface area contributed by atoms with Crippen molar-refractivity contribution in [1.29, 1.82) is 0 Å². The van der Waals surface area contributed by atoms with Crippen LogP contribution in [-0.4, -0.2) is 41.0 Å². The largest absolute Gasteiger partial charge is 0.379 e. The van der Waals surface area contributed by atoms with Gasteiger partial charge in [0.25, 0.3) is 0 Å². The van der Waals surface area contributed by atoms with Gasteiger partial charge >= 0.3 is 0 Å². The molecule has 1 fully saturated rings.